The van der Waals surface area contributed by atoms with E-state index in [2.05, 4.69) is 88.6 Å². The molecule has 0 radical (unpaired) electrons. The number of anilines is 1. The number of rotatable bonds is 6. The molecule has 0 N–H and O–H groups in total. The standard InChI is InChI=1S/C29H39N5O/c1-4-23-10-5-7-13-26(23)32-16-18-33(19-17-32)29(35)24-11-9-15-31(20-24)21-28-30-25-12-6-8-14-27(25)34(28)22(2)3/h5-8,10,12-14,22,24H,4,9,11,15-21H2,1-3H3/t24-/m0/s1. The van der Waals surface area contributed by atoms with Crippen molar-refractivity contribution in [3.8, 4) is 0 Å². The van der Waals surface area contributed by atoms with Crippen LogP contribution in [0.3, 0.4) is 0 Å². The summed E-state index contributed by atoms with van der Waals surface area (Å²) in [5.41, 5.74) is 4.98. The summed E-state index contributed by atoms with van der Waals surface area (Å²) in [7, 11) is 0. The van der Waals surface area contributed by atoms with Gasteiger partial charge < -0.3 is 14.4 Å². The number of carbonyl (C=O) groups excluding carboxylic acids is 1. The molecule has 2 aliphatic heterocycles. The largest absolute Gasteiger partial charge is 0.368 e. The number of amides is 1. The predicted octanol–water partition coefficient (Wildman–Crippen LogP) is 4.74. The summed E-state index contributed by atoms with van der Waals surface area (Å²) >= 11 is 0. The minimum atomic E-state index is 0.0927. The van der Waals surface area contributed by atoms with Gasteiger partial charge in [-0.3, -0.25) is 9.69 Å². The van der Waals surface area contributed by atoms with Crippen molar-refractivity contribution in [1.29, 1.82) is 0 Å². The molecule has 2 aromatic carbocycles. The Bertz CT molecular complexity index is 1160. The van der Waals surface area contributed by atoms with Gasteiger partial charge in [0, 0.05) is 44.5 Å². The fourth-order valence-corrected chi connectivity index (χ4v) is 5.93. The number of nitrogens with zero attached hydrogens (tertiary/aromatic N) is 5. The van der Waals surface area contributed by atoms with Crippen LogP contribution < -0.4 is 4.90 Å². The van der Waals surface area contributed by atoms with Crippen LogP contribution in [0.15, 0.2) is 48.5 Å². The van der Waals surface area contributed by atoms with Crippen LogP contribution >= 0.6 is 0 Å². The first kappa shape index (κ1) is 23.9. The number of fused-ring (bicyclic) bond motifs is 1. The Balaban J connectivity index is 1.22. The molecule has 186 valence electrons. The Morgan fingerprint density at radius 3 is 2.51 bits per heavy atom. The monoisotopic (exact) mass is 473 g/mol. The number of likely N-dealkylation sites (tertiary alicyclic amines) is 1. The predicted molar refractivity (Wildman–Crippen MR) is 143 cm³/mol. The van der Waals surface area contributed by atoms with Gasteiger partial charge in [0.25, 0.3) is 0 Å². The summed E-state index contributed by atoms with van der Waals surface area (Å²) < 4.78 is 2.36. The fraction of sp³-hybridized carbons (Fsp3) is 0.517. The molecule has 1 amide bonds. The lowest BCUT2D eigenvalue weighted by Gasteiger charge is -2.40. The molecule has 3 aromatic rings. The molecule has 35 heavy (non-hydrogen) atoms. The maximum absolute atomic E-state index is 13.5. The van der Waals surface area contributed by atoms with E-state index in [4.69, 9.17) is 4.98 Å². The quantitative estimate of drug-likeness (QED) is 0.519. The second-order valence-corrected chi connectivity index (χ2v) is 10.3. The molecule has 0 saturated carbocycles. The number of aryl methyl sites for hydroxylation is 1. The van der Waals surface area contributed by atoms with E-state index in [1.165, 1.54) is 16.8 Å². The van der Waals surface area contributed by atoms with Crippen LogP contribution in [0.2, 0.25) is 0 Å². The van der Waals surface area contributed by atoms with Gasteiger partial charge in [0.2, 0.25) is 5.91 Å². The average Bonchev–Trinajstić information content (AvgIpc) is 3.26. The smallest absolute Gasteiger partial charge is 0.227 e. The Hall–Kier alpha value is -2.86. The highest BCUT2D eigenvalue weighted by atomic mass is 16.2. The SMILES string of the molecule is CCc1ccccc1N1CCN(C(=O)[C@H]2CCCN(Cc3nc4ccccc4n3C(C)C)C2)CC1. The molecule has 6 heteroatoms. The summed E-state index contributed by atoms with van der Waals surface area (Å²) in [5, 5.41) is 0. The molecule has 5 rings (SSSR count). The van der Waals surface area contributed by atoms with Gasteiger partial charge in [-0.1, -0.05) is 37.3 Å². The van der Waals surface area contributed by atoms with Crippen molar-refractivity contribution >= 4 is 22.6 Å². The van der Waals surface area contributed by atoms with Crippen molar-refractivity contribution in [2.24, 2.45) is 5.92 Å². The highest BCUT2D eigenvalue weighted by Gasteiger charge is 2.32. The molecule has 1 atom stereocenters. The number of hydrogen-bond acceptors (Lipinski definition) is 4. The highest BCUT2D eigenvalue weighted by Crippen LogP contribution is 2.26. The molecule has 3 heterocycles. The summed E-state index contributed by atoms with van der Waals surface area (Å²) in [4.78, 5) is 25.5. The minimum absolute atomic E-state index is 0.0927. The van der Waals surface area contributed by atoms with Gasteiger partial charge in [0.05, 0.1) is 23.5 Å². The average molecular weight is 474 g/mol. The van der Waals surface area contributed by atoms with Crippen molar-refractivity contribution in [3.63, 3.8) is 0 Å². The first-order valence-electron chi connectivity index (χ1n) is 13.3. The molecular weight excluding hydrogens is 434 g/mol. The first-order chi connectivity index (χ1) is 17.0. The van der Waals surface area contributed by atoms with Crippen molar-refractivity contribution < 1.29 is 4.79 Å². The summed E-state index contributed by atoms with van der Waals surface area (Å²) in [6, 6.07) is 17.4. The number of piperazine rings is 1. The third-order valence-electron chi connectivity index (χ3n) is 7.71. The second-order valence-electron chi connectivity index (χ2n) is 10.3. The molecule has 2 aliphatic rings. The Labute approximate surface area is 209 Å². The van der Waals surface area contributed by atoms with Crippen LogP contribution in [0, 0.1) is 5.92 Å². The van der Waals surface area contributed by atoms with Gasteiger partial charge >= 0.3 is 0 Å². The maximum atomic E-state index is 13.5. The number of benzene rings is 2. The molecule has 2 saturated heterocycles. The summed E-state index contributed by atoms with van der Waals surface area (Å²) in [6.45, 7) is 12.8. The van der Waals surface area contributed by atoms with Crippen molar-refractivity contribution in [1.82, 2.24) is 19.4 Å². The number of carbonyl (C=O) groups is 1. The van der Waals surface area contributed by atoms with Gasteiger partial charge in [-0.25, -0.2) is 4.98 Å². The lowest BCUT2D eigenvalue weighted by molar-refractivity contribution is -0.137. The molecule has 0 spiro atoms. The van der Waals surface area contributed by atoms with Crippen LogP contribution in [0.4, 0.5) is 5.69 Å². The van der Waals surface area contributed by atoms with Gasteiger partial charge in [0.15, 0.2) is 0 Å². The number of aromatic nitrogens is 2. The molecule has 1 aromatic heterocycles. The molecule has 2 fully saturated rings. The molecule has 0 bridgehead atoms. The van der Waals surface area contributed by atoms with E-state index in [0.29, 0.717) is 11.9 Å². The maximum Gasteiger partial charge on any atom is 0.227 e. The molecule has 0 aliphatic carbocycles. The van der Waals surface area contributed by atoms with Gasteiger partial charge in [0.1, 0.15) is 5.82 Å². The lowest BCUT2D eigenvalue weighted by Crippen LogP contribution is -2.52. The van der Waals surface area contributed by atoms with Gasteiger partial charge in [-0.2, -0.15) is 0 Å². The number of imidazole rings is 1. The van der Waals surface area contributed by atoms with Crippen molar-refractivity contribution in [2.45, 2.75) is 52.6 Å². The zero-order chi connectivity index (χ0) is 24.4. The summed E-state index contributed by atoms with van der Waals surface area (Å²) in [5.74, 6) is 1.54. The van der Waals surface area contributed by atoms with E-state index in [1.54, 1.807) is 0 Å². The first-order valence-corrected chi connectivity index (χ1v) is 13.3. The van der Waals surface area contributed by atoms with E-state index in [-0.39, 0.29) is 5.92 Å². The topological polar surface area (TPSA) is 44.6 Å². The van der Waals surface area contributed by atoms with Crippen LogP contribution in [-0.4, -0.2) is 64.5 Å². The number of piperidine rings is 1. The zero-order valence-electron chi connectivity index (χ0n) is 21.5. The normalized spacial score (nSPS) is 19.6. The van der Waals surface area contributed by atoms with E-state index in [9.17, 15) is 4.79 Å². The molecule has 0 unspecified atom stereocenters. The number of para-hydroxylation sites is 3. The van der Waals surface area contributed by atoms with Crippen LogP contribution in [0.1, 0.15) is 51.0 Å². The third-order valence-corrected chi connectivity index (χ3v) is 7.71. The Kier molecular flexibility index (Phi) is 7.09. The van der Waals surface area contributed by atoms with Gasteiger partial charge in [-0.05, 0) is 63.4 Å². The zero-order valence-corrected chi connectivity index (χ0v) is 21.5. The van der Waals surface area contributed by atoms with Crippen molar-refractivity contribution in [3.05, 3.63) is 59.9 Å². The second kappa shape index (κ2) is 10.4. The van der Waals surface area contributed by atoms with E-state index in [1.807, 2.05) is 0 Å². The number of hydrogen-bond donors (Lipinski definition) is 0. The van der Waals surface area contributed by atoms with E-state index >= 15 is 0 Å². The van der Waals surface area contributed by atoms with Crippen LogP contribution in [-0.2, 0) is 17.8 Å². The third kappa shape index (κ3) is 4.94. The Morgan fingerprint density at radius 1 is 1.00 bits per heavy atom. The van der Waals surface area contributed by atoms with Crippen LogP contribution in [0.25, 0.3) is 11.0 Å². The fourth-order valence-electron chi connectivity index (χ4n) is 5.93. The van der Waals surface area contributed by atoms with Crippen molar-refractivity contribution in [2.75, 3.05) is 44.2 Å². The molecular formula is C29H39N5O. The minimum Gasteiger partial charge on any atom is -0.368 e. The lowest BCUT2D eigenvalue weighted by atomic mass is 9.96. The van der Waals surface area contributed by atoms with Crippen LogP contribution in [0.5, 0.6) is 0 Å². The van der Waals surface area contributed by atoms with Gasteiger partial charge in [-0.15, -0.1) is 0 Å². The Morgan fingerprint density at radius 2 is 1.74 bits per heavy atom. The molecule has 6 nitrogen and oxygen atoms in total. The summed E-state index contributed by atoms with van der Waals surface area (Å²) in [6.07, 6.45) is 3.11. The van der Waals surface area contributed by atoms with E-state index in [0.717, 1.165) is 76.4 Å². The highest BCUT2D eigenvalue weighted by molar-refractivity contribution is 5.79. The van der Waals surface area contributed by atoms with E-state index < -0.39 is 0 Å².